The maximum absolute atomic E-state index is 3.36. The molecular formula is C13H30N2. The van der Waals surface area contributed by atoms with Crippen molar-refractivity contribution >= 4 is 0 Å². The maximum Gasteiger partial charge on any atom is 0.00619 e. The van der Waals surface area contributed by atoms with E-state index in [1.54, 1.807) is 0 Å². The van der Waals surface area contributed by atoms with Gasteiger partial charge in [0, 0.05) is 12.6 Å². The Hall–Kier alpha value is -0.0800. The molecule has 0 aliphatic heterocycles. The van der Waals surface area contributed by atoms with Gasteiger partial charge in [-0.1, -0.05) is 27.7 Å². The Morgan fingerprint density at radius 2 is 1.87 bits per heavy atom. The Kier molecular flexibility index (Phi) is 7.20. The highest BCUT2D eigenvalue weighted by Crippen LogP contribution is 2.14. The minimum absolute atomic E-state index is 0.419. The molecule has 0 spiro atoms. The highest BCUT2D eigenvalue weighted by Gasteiger charge is 2.13. The minimum Gasteiger partial charge on any atom is -0.317 e. The van der Waals surface area contributed by atoms with Crippen LogP contribution in [0.15, 0.2) is 0 Å². The van der Waals surface area contributed by atoms with Crippen molar-refractivity contribution in [3.05, 3.63) is 0 Å². The first-order chi connectivity index (χ1) is 6.89. The van der Waals surface area contributed by atoms with Crippen LogP contribution >= 0.6 is 0 Å². The van der Waals surface area contributed by atoms with E-state index in [1.807, 2.05) is 0 Å². The predicted octanol–water partition coefficient (Wildman–Crippen LogP) is 2.74. The SMILES string of the molecule is CCC(CCCN(C)CC(C)(C)C)NC. The molecule has 15 heavy (non-hydrogen) atoms. The highest BCUT2D eigenvalue weighted by molar-refractivity contribution is 4.68. The molecule has 0 aromatic heterocycles. The number of hydrogen-bond acceptors (Lipinski definition) is 2. The second kappa shape index (κ2) is 7.24. The van der Waals surface area contributed by atoms with Crippen LogP contribution in [-0.4, -0.2) is 38.1 Å². The van der Waals surface area contributed by atoms with Gasteiger partial charge in [0.2, 0.25) is 0 Å². The molecule has 92 valence electrons. The van der Waals surface area contributed by atoms with Gasteiger partial charge in [-0.25, -0.2) is 0 Å². The van der Waals surface area contributed by atoms with Gasteiger partial charge in [0.15, 0.2) is 0 Å². The van der Waals surface area contributed by atoms with Crippen molar-refractivity contribution in [1.29, 1.82) is 0 Å². The lowest BCUT2D eigenvalue weighted by Gasteiger charge is -2.27. The van der Waals surface area contributed by atoms with Crippen LogP contribution in [0.5, 0.6) is 0 Å². The first-order valence-electron chi connectivity index (χ1n) is 6.25. The summed E-state index contributed by atoms with van der Waals surface area (Å²) in [5, 5.41) is 3.36. The molecule has 0 saturated carbocycles. The lowest BCUT2D eigenvalue weighted by Crippen LogP contribution is -2.31. The van der Waals surface area contributed by atoms with E-state index < -0.39 is 0 Å². The van der Waals surface area contributed by atoms with Gasteiger partial charge in [0.25, 0.3) is 0 Å². The van der Waals surface area contributed by atoms with E-state index in [9.17, 15) is 0 Å². The second-order valence-corrected chi connectivity index (χ2v) is 5.83. The van der Waals surface area contributed by atoms with Gasteiger partial charge in [-0.3, -0.25) is 0 Å². The molecule has 0 amide bonds. The fraction of sp³-hybridized carbons (Fsp3) is 1.00. The first kappa shape index (κ1) is 14.9. The molecule has 0 aromatic rings. The average molecular weight is 214 g/mol. The molecular weight excluding hydrogens is 184 g/mol. The number of rotatable bonds is 7. The maximum atomic E-state index is 3.36. The van der Waals surface area contributed by atoms with E-state index in [-0.39, 0.29) is 0 Å². The molecule has 1 atom stereocenters. The fourth-order valence-corrected chi connectivity index (χ4v) is 2.05. The smallest absolute Gasteiger partial charge is 0.00619 e. The van der Waals surface area contributed by atoms with Crippen LogP contribution in [0.1, 0.15) is 47.0 Å². The van der Waals surface area contributed by atoms with Gasteiger partial charge in [0.05, 0.1) is 0 Å². The van der Waals surface area contributed by atoms with Crippen molar-refractivity contribution in [2.24, 2.45) is 5.41 Å². The Labute approximate surface area is 96.4 Å². The Bertz CT molecular complexity index is 145. The molecule has 1 N–H and O–H groups in total. The fourth-order valence-electron chi connectivity index (χ4n) is 2.05. The molecule has 0 bridgehead atoms. The molecule has 0 rings (SSSR count). The summed E-state index contributed by atoms with van der Waals surface area (Å²) in [6.45, 7) is 11.5. The lowest BCUT2D eigenvalue weighted by molar-refractivity contribution is 0.221. The third-order valence-corrected chi connectivity index (χ3v) is 2.74. The number of nitrogens with zero attached hydrogens (tertiary/aromatic N) is 1. The molecule has 1 unspecified atom stereocenters. The van der Waals surface area contributed by atoms with Crippen LogP contribution in [0.25, 0.3) is 0 Å². The van der Waals surface area contributed by atoms with Crippen molar-refractivity contribution in [2.45, 2.75) is 53.0 Å². The van der Waals surface area contributed by atoms with Crippen LogP contribution in [-0.2, 0) is 0 Å². The van der Waals surface area contributed by atoms with Gasteiger partial charge < -0.3 is 10.2 Å². The van der Waals surface area contributed by atoms with Gasteiger partial charge in [-0.2, -0.15) is 0 Å². The van der Waals surface area contributed by atoms with Gasteiger partial charge in [-0.05, 0) is 45.3 Å². The number of nitrogens with one attached hydrogen (secondary N) is 1. The van der Waals surface area contributed by atoms with Crippen molar-refractivity contribution < 1.29 is 0 Å². The molecule has 0 aliphatic carbocycles. The summed E-state index contributed by atoms with van der Waals surface area (Å²) >= 11 is 0. The topological polar surface area (TPSA) is 15.3 Å². The summed E-state index contributed by atoms with van der Waals surface area (Å²) in [6, 6.07) is 0.702. The summed E-state index contributed by atoms with van der Waals surface area (Å²) in [6.07, 6.45) is 3.83. The largest absolute Gasteiger partial charge is 0.317 e. The predicted molar refractivity (Wildman–Crippen MR) is 69.3 cm³/mol. The quantitative estimate of drug-likeness (QED) is 0.701. The molecule has 2 heteroatoms. The van der Waals surface area contributed by atoms with E-state index in [2.05, 4.69) is 52.0 Å². The van der Waals surface area contributed by atoms with Crippen molar-refractivity contribution in [3.8, 4) is 0 Å². The summed E-state index contributed by atoms with van der Waals surface area (Å²) in [5.74, 6) is 0. The zero-order valence-corrected chi connectivity index (χ0v) is 11.6. The normalized spacial score (nSPS) is 14.6. The van der Waals surface area contributed by atoms with Crippen LogP contribution in [0.3, 0.4) is 0 Å². The second-order valence-electron chi connectivity index (χ2n) is 5.83. The Morgan fingerprint density at radius 1 is 1.27 bits per heavy atom. The summed E-state index contributed by atoms with van der Waals surface area (Å²) < 4.78 is 0. The van der Waals surface area contributed by atoms with Crippen LogP contribution in [0, 0.1) is 5.41 Å². The monoisotopic (exact) mass is 214 g/mol. The summed E-state index contributed by atoms with van der Waals surface area (Å²) in [4.78, 5) is 2.45. The van der Waals surface area contributed by atoms with Gasteiger partial charge in [0.1, 0.15) is 0 Å². The first-order valence-corrected chi connectivity index (χ1v) is 6.25. The lowest BCUT2D eigenvalue weighted by atomic mass is 9.96. The molecule has 0 saturated heterocycles. The third-order valence-electron chi connectivity index (χ3n) is 2.74. The van der Waals surface area contributed by atoms with E-state index in [0.29, 0.717) is 11.5 Å². The molecule has 0 aliphatic rings. The van der Waals surface area contributed by atoms with E-state index in [0.717, 1.165) is 0 Å². The standard InChI is InChI=1S/C13H30N2/c1-7-12(14-5)9-8-10-15(6)11-13(2,3)4/h12,14H,7-11H2,1-6H3. The zero-order valence-electron chi connectivity index (χ0n) is 11.6. The molecule has 0 heterocycles. The van der Waals surface area contributed by atoms with Crippen LogP contribution in [0.2, 0.25) is 0 Å². The third kappa shape index (κ3) is 8.88. The van der Waals surface area contributed by atoms with Crippen molar-refractivity contribution in [3.63, 3.8) is 0 Å². The summed E-state index contributed by atoms with van der Waals surface area (Å²) in [7, 11) is 4.29. The average Bonchev–Trinajstić information content (AvgIpc) is 2.09. The van der Waals surface area contributed by atoms with E-state index >= 15 is 0 Å². The van der Waals surface area contributed by atoms with E-state index in [1.165, 1.54) is 32.4 Å². The highest BCUT2D eigenvalue weighted by atomic mass is 15.1. The molecule has 0 radical (unpaired) electrons. The van der Waals surface area contributed by atoms with Gasteiger partial charge >= 0.3 is 0 Å². The minimum atomic E-state index is 0.419. The Balaban J connectivity index is 3.58. The number of hydrogen-bond donors (Lipinski definition) is 1. The van der Waals surface area contributed by atoms with Crippen LogP contribution in [0.4, 0.5) is 0 Å². The molecule has 2 nitrogen and oxygen atoms in total. The molecule has 0 fully saturated rings. The van der Waals surface area contributed by atoms with Gasteiger partial charge in [-0.15, -0.1) is 0 Å². The van der Waals surface area contributed by atoms with Crippen molar-refractivity contribution in [2.75, 3.05) is 27.2 Å². The van der Waals surface area contributed by atoms with E-state index in [4.69, 9.17) is 0 Å². The molecule has 0 aromatic carbocycles. The zero-order chi connectivity index (χ0) is 11.9. The Morgan fingerprint density at radius 3 is 2.27 bits per heavy atom. The van der Waals surface area contributed by atoms with Crippen molar-refractivity contribution in [1.82, 2.24) is 10.2 Å². The van der Waals surface area contributed by atoms with Crippen LogP contribution < -0.4 is 5.32 Å². The summed E-state index contributed by atoms with van der Waals surface area (Å²) in [5.41, 5.74) is 0.419.